The van der Waals surface area contributed by atoms with Crippen molar-refractivity contribution in [2.45, 2.75) is 26.4 Å². The Morgan fingerprint density at radius 1 is 1.40 bits per heavy atom. The lowest BCUT2D eigenvalue weighted by Crippen LogP contribution is -2.12. The normalized spacial score (nSPS) is 10.8. The first-order valence-corrected chi connectivity index (χ1v) is 7.24. The van der Waals surface area contributed by atoms with Crippen LogP contribution >= 0.6 is 11.3 Å². The van der Waals surface area contributed by atoms with Gasteiger partial charge in [0.1, 0.15) is 0 Å². The quantitative estimate of drug-likeness (QED) is 0.825. The number of hydrogen-bond donors (Lipinski definition) is 1. The van der Waals surface area contributed by atoms with Crippen LogP contribution in [0.2, 0.25) is 0 Å². The van der Waals surface area contributed by atoms with E-state index in [1.54, 1.807) is 11.3 Å². The van der Waals surface area contributed by atoms with Crippen LogP contribution in [0.1, 0.15) is 21.0 Å². The maximum absolute atomic E-state index is 11.2. The SMILES string of the molecule is COC(=O)Cc1ccc(CNCc2cnn(C)c2C)s1. The standard InChI is InChI=1S/C14H19N3O2S/c1-10-11(8-16-17(10)2)7-15-9-13-5-4-12(20-13)6-14(18)19-3/h4-5,8,15H,6-7,9H2,1-3H3. The predicted molar refractivity (Wildman–Crippen MR) is 78.5 cm³/mol. The average molecular weight is 293 g/mol. The summed E-state index contributed by atoms with van der Waals surface area (Å²) in [5, 5.41) is 7.61. The number of ether oxygens (including phenoxy) is 1. The Bertz CT molecular complexity index is 589. The van der Waals surface area contributed by atoms with Gasteiger partial charge in [0.2, 0.25) is 0 Å². The number of hydrogen-bond acceptors (Lipinski definition) is 5. The van der Waals surface area contributed by atoms with E-state index in [-0.39, 0.29) is 5.97 Å². The largest absolute Gasteiger partial charge is 0.469 e. The van der Waals surface area contributed by atoms with Crippen molar-refractivity contribution in [1.82, 2.24) is 15.1 Å². The summed E-state index contributed by atoms with van der Waals surface area (Å²) in [6, 6.07) is 4.03. The molecule has 0 spiro atoms. The molecule has 0 aliphatic heterocycles. The van der Waals surface area contributed by atoms with Crippen molar-refractivity contribution in [1.29, 1.82) is 0 Å². The molecule has 2 aromatic heterocycles. The molecule has 0 amide bonds. The Morgan fingerprint density at radius 3 is 2.80 bits per heavy atom. The molecule has 0 aliphatic carbocycles. The third kappa shape index (κ3) is 3.68. The highest BCUT2D eigenvalue weighted by Gasteiger charge is 2.07. The first-order valence-electron chi connectivity index (χ1n) is 6.42. The molecule has 2 rings (SSSR count). The summed E-state index contributed by atoms with van der Waals surface area (Å²) >= 11 is 1.64. The third-order valence-electron chi connectivity index (χ3n) is 3.22. The van der Waals surface area contributed by atoms with E-state index in [1.165, 1.54) is 23.2 Å². The maximum Gasteiger partial charge on any atom is 0.310 e. The first kappa shape index (κ1) is 14.7. The monoisotopic (exact) mass is 293 g/mol. The molecule has 0 bridgehead atoms. The molecule has 6 heteroatoms. The van der Waals surface area contributed by atoms with Gasteiger partial charge in [0.05, 0.1) is 19.7 Å². The van der Waals surface area contributed by atoms with Gasteiger partial charge in [0, 0.05) is 41.1 Å². The molecular formula is C14H19N3O2S. The van der Waals surface area contributed by atoms with E-state index in [0.717, 1.165) is 18.0 Å². The molecule has 108 valence electrons. The van der Waals surface area contributed by atoms with Crippen LogP contribution in [0.15, 0.2) is 18.3 Å². The number of esters is 1. The number of nitrogens with zero attached hydrogens (tertiary/aromatic N) is 2. The van der Waals surface area contributed by atoms with E-state index in [4.69, 9.17) is 0 Å². The zero-order valence-electron chi connectivity index (χ0n) is 12.0. The summed E-state index contributed by atoms with van der Waals surface area (Å²) in [5.74, 6) is -0.197. The Kier molecular flexibility index (Phi) is 4.92. The van der Waals surface area contributed by atoms with Crippen molar-refractivity contribution >= 4 is 17.3 Å². The molecule has 0 aliphatic rings. The number of aryl methyl sites for hydroxylation is 1. The lowest BCUT2D eigenvalue weighted by atomic mass is 10.2. The van der Waals surface area contributed by atoms with Crippen molar-refractivity contribution in [3.8, 4) is 0 Å². The minimum Gasteiger partial charge on any atom is -0.469 e. The highest BCUT2D eigenvalue weighted by molar-refractivity contribution is 7.12. The molecule has 0 radical (unpaired) electrons. The van der Waals surface area contributed by atoms with Gasteiger partial charge in [-0.05, 0) is 19.1 Å². The van der Waals surface area contributed by atoms with Gasteiger partial charge in [-0.1, -0.05) is 0 Å². The maximum atomic E-state index is 11.2. The Labute approximate surface area is 122 Å². The second-order valence-electron chi connectivity index (χ2n) is 4.60. The molecule has 0 saturated carbocycles. The number of methoxy groups -OCH3 is 1. The molecule has 20 heavy (non-hydrogen) atoms. The van der Waals surface area contributed by atoms with Crippen molar-refractivity contribution < 1.29 is 9.53 Å². The summed E-state index contributed by atoms with van der Waals surface area (Å²) in [5.41, 5.74) is 2.38. The van der Waals surface area contributed by atoms with E-state index in [2.05, 4.69) is 22.1 Å². The van der Waals surface area contributed by atoms with Gasteiger partial charge in [-0.25, -0.2) is 0 Å². The number of carbonyl (C=O) groups excluding carboxylic acids is 1. The van der Waals surface area contributed by atoms with Gasteiger partial charge >= 0.3 is 5.97 Å². The van der Waals surface area contributed by atoms with Crippen LogP contribution in [0.5, 0.6) is 0 Å². The van der Waals surface area contributed by atoms with Gasteiger partial charge in [0.25, 0.3) is 0 Å². The van der Waals surface area contributed by atoms with Crippen molar-refractivity contribution in [3.63, 3.8) is 0 Å². The second kappa shape index (κ2) is 6.67. The molecule has 0 fully saturated rings. The number of thiophene rings is 1. The van der Waals surface area contributed by atoms with Gasteiger partial charge in [-0.15, -0.1) is 11.3 Å². The first-order chi connectivity index (χ1) is 9.60. The average Bonchev–Trinajstić information content (AvgIpc) is 3.00. The van der Waals surface area contributed by atoms with Crippen LogP contribution in [-0.2, 0) is 36.1 Å². The van der Waals surface area contributed by atoms with Crippen LogP contribution in [-0.4, -0.2) is 22.9 Å². The number of nitrogens with one attached hydrogen (secondary N) is 1. The molecule has 2 heterocycles. The Morgan fingerprint density at radius 2 is 2.15 bits per heavy atom. The van der Waals surface area contributed by atoms with Crippen molar-refractivity contribution in [3.05, 3.63) is 39.3 Å². The van der Waals surface area contributed by atoms with Crippen LogP contribution < -0.4 is 5.32 Å². The highest BCUT2D eigenvalue weighted by Crippen LogP contribution is 2.17. The molecular weight excluding hydrogens is 274 g/mol. The van der Waals surface area contributed by atoms with Crippen LogP contribution in [0.3, 0.4) is 0 Å². The van der Waals surface area contributed by atoms with Gasteiger partial charge in [0.15, 0.2) is 0 Å². The van der Waals surface area contributed by atoms with E-state index < -0.39 is 0 Å². The summed E-state index contributed by atoms with van der Waals surface area (Å²) in [6.07, 6.45) is 2.24. The van der Waals surface area contributed by atoms with E-state index in [1.807, 2.05) is 30.1 Å². The smallest absolute Gasteiger partial charge is 0.310 e. The molecule has 0 aromatic carbocycles. The van der Waals surface area contributed by atoms with Crippen LogP contribution in [0.4, 0.5) is 0 Å². The predicted octanol–water partition coefficient (Wildman–Crippen LogP) is 1.80. The van der Waals surface area contributed by atoms with E-state index >= 15 is 0 Å². The Hall–Kier alpha value is -1.66. The summed E-state index contributed by atoms with van der Waals surface area (Å²) in [6.45, 7) is 3.65. The fourth-order valence-corrected chi connectivity index (χ4v) is 2.84. The summed E-state index contributed by atoms with van der Waals surface area (Å²) < 4.78 is 6.53. The lowest BCUT2D eigenvalue weighted by Gasteiger charge is -2.02. The fourth-order valence-electron chi connectivity index (χ4n) is 1.86. The van der Waals surface area contributed by atoms with Gasteiger partial charge in [-0.2, -0.15) is 5.10 Å². The Balaban J connectivity index is 1.82. The number of aromatic nitrogens is 2. The van der Waals surface area contributed by atoms with Crippen molar-refractivity contribution in [2.75, 3.05) is 7.11 Å². The molecule has 0 atom stereocenters. The van der Waals surface area contributed by atoms with Crippen LogP contribution in [0.25, 0.3) is 0 Å². The van der Waals surface area contributed by atoms with Gasteiger partial charge < -0.3 is 10.1 Å². The highest BCUT2D eigenvalue weighted by atomic mass is 32.1. The topological polar surface area (TPSA) is 56.1 Å². The van der Waals surface area contributed by atoms with E-state index in [0.29, 0.717) is 6.42 Å². The van der Waals surface area contributed by atoms with E-state index in [9.17, 15) is 4.79 Å². The summed E-state index contributed by atoms with van der Waals surface area (Å²) in [7, 11) is 3.35. The zero-order valence-corrected chi connectivity index (χ0v) is 12.8. The summed E-state index contributed by atoms with van der Waals surface area (Å²) in [4.78, 5) is 13.4. The lowest BCUT2D eigenvalue weighted by molar-refractivity contribution is -0.139. The molecule has 1 N–H and O–H groups in total. The second-order valence-corrected chi connectivity index (χ2v) is 5.86. The van der Waals surface area contributed by atoms with Crippen LogP contribution in [0, 0.1) is 6.92 Å². The third-order valence-corrected chi connectivity index (χ3v) is 4.30. The number of carbonyl (C=O) groups is 1. The minimum absolute atomic E-state index is 0.197. The van der Waals surface area contributed by atoms with Crippen molar-refractivity contribution in [2.24, 2.45) is 7.05 Å². The molecule has 2 aromatic rings. The fraction of sp³-hybridized carbons (Fsp3) is 0.429. The minimum atomic E-state index is -0.197. The number of rotatable bonds is 6. The van der Waals surface area contributed by atoms with Gasteiger partial charge in [-0.3, -0.25) is 9.48 Å². The molecule has 5 nitrogen and oxygen atoms in total. The molecule has 0 unspecified atom stereocenters. The molecule has 0 saturated heterocycles. The zero-order chi connectivity index (χ0) is 14.5.